The molecule has 1 fully saturated rings. The zero-order valence-corrected chi connectivity index (χ0v) is 15.1. The van der Waals surface area contributed by atoms with Gasteiger partial charge in [-0.25, -0.2) is 4.39 Å². The molecule has 1 aromatic rings. The second-order valence-corrected chi connectivity index (χ2v) is 6.98. The summed E-state index contributed by atoms with van der Waals surface area (Å²) >= 11 is 0. The number of carbonyl (C=O) groups is 2. The summed E-state index contributed by atoms with van der Waals surface area (Å²) in [5, 5.41) is 9.50. The highest BCUT2D eigenvalue weighted by Crippen LogP contribution is 2.34. The molecule has 2 heterocycles. The minimum Gasteiger partial charge on any atom is -0.396 e. The summed E-state index contributed by atoms with van der Waals surface area (Å²) < 4.78 is 13.3. The van der Waals surface area contributed by atoms with Crippen LogP contribution in [0.15, 0.2) is 30.0 Å². The molecular weight excluding hydrogens is 335 g/mol. The Bertz CT molecular complexity index is 714. The van der Waals surface area contributed by atoms with E-state index in [0.717, 1.165) is 25.7 Å². The Labute approximate surface area is 153 Å². The number of rotatable bonds is 6. The van der Waals surface area contributed by atoms with Gasteiger partial charge in [0.2, 0.25) is 0 Å². The van der Waals surface area contributed by atoms with E-state index in [2.05, 4.69) is 0 Å². The van der Waals surface area contributed by atoms with Crippen molar-refractivity contribution in [3.63, 3.8) is 0 Å². The summed E-state index contributed by atoms with van der Waals surface area (Å²) in [7, 11) is 0. The van der Waals surface area contributed by atoms with Crippen LogP contribution in [-0.2, 0) is 9.59 Å². The number of amides is 2. The second kappa shape index (κ2) is 7.99. The van der Waals surface area contributed by atoms with Crippen LogP contribution in [0.5, 0.6) is 0 Å². The Kier molecular flexibility index (Phi) is 5.71. The van der Waals surface area contributed by atoms with Gasteiger partial charge >= 0.3 is 0 Å². The minimum atomic E-state index is -0.381. The molecule has 140 valence electrons. The van der Waals surface area contributed by atoms with Gasteiger partial charge in [-0.3, -0.25) is 14.5 Å². The van der Waals surface area contributed by atoms with Gasteiger partial charge in [0.25, 0.3) is 11.8 Å². The zero-order chi connectivity index (χ0) is 18.7. The van der Waals surface area contributed by atoms with Gasteiger partial charge in [0, 0.05) is 26.2 Å². The Morgan fingerprint density at radius 3 is 2.58 bits per heavy atom. The smallest absolute Gasteiger partial charge is 0.277 e. The van der Waals surface area contributed by atoms with E-state index in [1.54, 1.807) is 12.1 Å². The lowest BCUT2D eigenvalue weighted by Crippen LogP contribution is -2.40. The first-order valence-electron chi connectivity index (χ1n) is 9.29. The number of nitrogens with zero attached hydrogens (tertiary/aromatic N) is 2. The SMILES string of the molecule is CCCCN1C(=O)C(c2ccc(F)cc2)=C(N2CCCC(CO)C2)C1=O. The molecule has 6 heteroatoms. The van der Waals surface area contributed by atoms with Crippen LogP contribution < -0.4 is 0 Å². The van der Waals surface area contributed by atoms with Crippen molar-refractivity contribution < 1.29 is 19.1 Å². The van der Waals surface area contributed by atoms with Crippen LogP contribution in [0.2, 0.25) is 0 Å². The van der Waals surface area contributed by atoms with E-state index in [1.807, 2.05) is 11.8 Å². The van der Waals surface area contributed by atoms with Crippen molar-refractivity contribution in [2.75, 3.05) is 26.2 Å². The van der Waals surface area contributed by atoms with Gasteiger partial charge < -0.3 is 10.0 Å². The molecule has 0 aliphatic carbocycles. The first kappa shape index (κ1) is 18.6. The van der Waals surface area contributed by atoms with Crippen molar-refractivity contribution in [3.8, 4) is 0 Å². The molecule has 3 rings (SSSR count). The van der Waals surface area contributed by atoms with Crippen LogP contribution in [0.25, 0.3) is 5.57 Å². The van der Waals surface area contributed by atoms with Crippen LogP contribution in [0, 0.1) is 11.7 Å². The van der Waals surface area contributed by atoms with Crippen molar-refractivity contribution in [2.24, 2.45) is 5.92 Å². The molecule has 1 N–H and O–H groups in total. The van der Waals surface area contributed by atoms with Gasteiger partial charge in [-0.1, -0.05) is 25.5 Å². The summed E-state index contributed by atoms with van der Waals surface area (Å²) in [6.07, 6.45) is 3.41. The number of aliphatic hydroxyl groups excluding tert-OH is 1. The van der Waals surface area contributed by atoms with E-state index in [4.69, 9.17) is 0 Å². The zero-order valence-electron chi connectivity index (χ0n) is 15.1. The van der Waals surface area contributed by atoms with E-state index >= 15 is 0 Å². The van der Waals surface area contributed by atoms with Crippen LogP contribution in [0.1, 0.15) is 38.2 Å². The number of halogens is 1. The molecule has 2 aliphatic rings. The minimum absolute atomic E-state index is 0.0668. The number of hydrogen-bond acceptors (Lipinski definition) is 4. The van der Waals surface area contributed by atoms with Crippen molar-refractivity contribution in [1.29, 1.82) is 0 Å². The first-order chi connectivity index (χ1) is 12.6. The monoisotopic (exact) mass is 360 g/mol. The van der Waals surface area contributed by atoms with Crippen LogP contribution in [0.3, 0.4) is 0 Å². The fourth-order valence-electron chi connectivity index (χ4n) is 3.67. The predicted octanol–water partition coefficient (Wildman–Crippen LogP) is 2.41. The third-order valence-corrected chi connectivity index (χ3v) is 5.11. The fraction of sp³-hybridized carbons (Fsp3) is 0.500. The van der Waals surface area contributed by atoms with Gasteiger partial charge in [0.05, 0.1) is 5.57 Å². The van der Waals surface area contributed by atoms with Crippen molar-refractivity contribution in [1.82, 2.24) is 9.80 Å². The van der Waals surface area contributed by atoms with E-state index in [-0.39, 0.29) is 30.2 Å². The molecule has 0 radical (unpaired) electrons. The molecule has 26 heavy (non-hydrogen) atoms. The highest BCUT2D eigenvalue weighted by Gasteiger charge is 2.42. The molecule has 1 aromatic carbocycles. The van der Waals surface area contributed by atoms with Gasteiger partial charge in [-0.15, -0.1) is 0 Å². The number of aliphatic hydroxyl groups is 1. The number of imide groups is 1. The van der Waals surface area contributed by atoms with Crippen LogP contribution >= 0.6 is 0 Å². The fourth-order valence-corrected chi connectivity index (χ4v) is 3.67. The molecule has 0 spiro atoms. The van der Waals surface area contributed by atoms with Crippen LogP contribution in [-0.4, -0.2) is 53.0 Å². The van der Waals surface area contributed by atoms with Crippen molar-refractivity contribution in [2.45, 2.75) is 32.6 Å². The summed E-state index contributed by atoms with van der Waals surface area (Å²) in [5.41, 5.74) is 1.31. The highest BCUT2D eigenvalue weighted by molar-refractivity contribution is 6.35. The Morgan fingerprint density at radius 1 is 1.19 bits per heavy atom. The molecule has 1 saturated heterocycles. The lowest BCUT2D eigenvalue weighted by atomic mass is 9.97. The maximum absolute atomic E-state index is 13.3. The van der Waals surface area contributed by atoms with Gasteiger partial charge in [-0.2, -0.15) is 0 Å². The summed E-state index contributed by atoms with van der Waals surface area (Å²) in [6, 6.07) is 5.71. The standard InChI is InChI=1S/C20H25FN2O3/c1-2-3-11-23-19(25)17(15-6-8-16(21)9-7-15)18(20(23)26)22-10-4-5-14(12-22)13-24/h6-9,14,24H,2-5,10-13H2,1H3. The summed E-state index contributed by atoms with van der Waals surface area (Å²) in [5.74, 6) is -0.871. The lowest BCUT2D eigenvalue weighted by molar-refractivity contribution is -0.137. The lowest BCUT2D eigenvalue weighted by Gasteiger charge is -2.34. The highest BCUT2D eigenvalue weighted by atomic mass is 19.1. The van der Waals surface area contributed by atoms with Gasteiger partial charge in [0.1, 0.15) is 11.5 Å². The Balaban J connectivity index is 2.01. The molecule has 0 bridgehead atoms. The maximum Gasteiger partial charge on any atom is 0.277 e. The normalized spacial score (nSPS) is 21.1. The average Bonchev–Trinajstić information content (AvgIpc) is 2.91. The maximum atomic E-state index is 13.3. The Morgan fingerprint density at radius 2 is 1.92 bits per heavy atom. The van der Waals surface area contributed by atoms with Gasteiger partial charge in [0.15, 0.2) is 0 Å². The topological polar surface area (TPSA) is 60.9 Å². The number of likely N-dealkylation sites (tertiary alicyclic amines) is 1. The second-order valence-electron chi connectivity index (χ2n) is 6.98. The largest absolute Gasteiger partial charge is 0.396 e. The molecule has 0 saturated carbocycles. The average molecular weight is 360 g/mol. The van der Waals surface area contributed by atoms with Crippen molar-refractivity contribution in [3.05, 3.63) is 41.3 Å². The third-order valence-electron chi connectivity index (χ3n) is 5.11. The van der Waals surface area contributed by atoms with E-state index in [1.165, 1.54) is 17.0 Å². The molecule has 1 unspecified atom stereocenters. The summed E-state index contributed by atoms with van der Waals surface area (Å²) in [6.45, 7) is 3.70. The third kappa shape index (κ3) is 3.51. The molecule has 2 amide bonds. The van der Waals surface area contributed by atoms with Gasteiger partial charge in [-0.05, 0) is 42.9 Å². The van der Waals surface area contributed by atoms with E-state index in [9.17, 15) is 19.1 Å². The van der Waals surface area contributed by atoms with E-state index < -0.39 is 0 Å². The number of hydrogen-bond donors (Lipinski definition) is 1. The number of unbranched alkanes of at least 4 members (excludes halogenated alkanes) is 1. The number of carbonyl (C=O) groups excluding carboxylic acids is 2. The van der Waals surface area contributed by atoms with E-state index in [0.29, 0.717) is 36.5 Å². The quantitative estimate of drug-likeness (QED) is 0.792. The van der Waals surface area contributed by atoms with Crippen molar-refractivity contribution >= 4 is 17.4 Å². The number of benzene rings is 1. The Hall–Kier alpha value is -2.21. The molecule has 2 aliphatic heterocycles. The summed E-state index contributed by atoms with van der Waals surface area (Å²) in [4.78, 5) is 29.3. The molecular formula is C20H25FN2O3. The number of piperidine rings is 1. The first-order valence-corrected chi connectivity index (χ1v) is 9.29. The molecule has 5 nitrogen and oxygen atoms in total. The van der Waals surface area contributed by atoms with Crippen LogP contribution in [0.4, 0.5) is 4.39 Å². The molecule has 0 aromatic heterocycles. The molecule has 1 atom stereocenters. The predicted molar refractivity (Wildman–Crippen MR) is 96.3 cm³/mol.